The molecule has 3 rings (SSSR count). The summed E-state index contributed by atoms with van der Waals surface area (Å²) in [5.74, 6) is -0.386. The van der Waals surface area contributed by atoms with Crippen LogP contribution in [0, 0.1) is 17.2 Å². The van der Waals surface area contributed by atoms with Crippen molar-refractivity contribution in [3.05, 3.63) is 54.1 Å². The number of carbonyl (C=O) groups excluding carboxylic acids is 2. The van der Waals surface area contributed by atoms with E-state index in [4.69, 9.17) is 9.47 Å². The van der Waals surface area contributed by atoms with Crippen molar-refractivity contribution in [2.75, 3.05) is 46.9 Å². The molecule has 1 unspecified atom stereocenters. The molecule has 0 spiro atoms. The number of amides is 2. The molecule has 1 aliphatic rings. The Hall–Kier alpha value is -3.70. The number of rotatable bonds is 15. The number of sulfonamides is 1. The van der Waals surface area contributed by atoms with Crippen LogP contribution in [-0.2, 0) is 26.0 Å². The Balaban J connectivity index is 1.87. The molecule has 2 amide bonds. The smallest absolute Gasteiger partial charge is 0.243 e. The zero-order valence-corrected chi connectivity index (χ0v) is 25.8. The molecule has 0 fully saturated rings. The Morgan fingerprint density at radius 2 is 1.70 bits per heavy atom. The number of aliphatic hydroxyl groups excluding tert-OH is 1. The maximum atomic E-state index is 13.8. The van der Waals surface area contributed by atoms with Crippen LogP contribution in [0.3, 0.4) is 0 Å². The Morgan fingerprint density at radius 3 is 2.33 bits per heavy atom. The summed E-state index contributed by atoms with van der Waals surface area (Å²) in [6, 6.07) is 13.3. The number of carbonyl (C=O) groups is 2. The summed E-state index contributed by atoms with van der Waals surface area (Å²) in [5, 5.41) is 26.1. The van der Waals surface area contributed by atoms with Crippen molar-refractivity contribution < 1.29 is 32.6 Å². The van der Waals surface area contributed by atoms with E-state index in [-0.39, 0.29) is 43.3 Å². The number of benzene rings is 2. The summed E-state index contributed by atoms with van der Waals surface area (Å²) >= 11 is 0. The summed E-state index contributed by atoms with van der Waals surface area (Å²) in [7, 11) is -0.689. The van der Waals surface area contributed by atoms with Gasteiger partial charge in [-0.3, -0.25) is 9.59 Å². The average molecular weight is 616 g/mol. The van der Waals surface area contributed by atoms with Gasteiger partial charge in [0.2, 0.25) is 21.8 Å². The van der Waals surface area contributed by atoms with E-state index < -0.39 is 40.0 Å². The molecule has 0 aliphatic carbocycles. The molecule has 1 heterocycles. The van der Waals surface area contributed by atoms with Gasteiger partial charge >= 0.3 is 0 Å². The molecule has 0 aromatic heterocycles. The third-order valence-electron chi connectivity index (χ3n) is 6.61. The minimum atomic E-state index is -4.09. The molecular weight excluding hydrogens is 574 g/mol. The zero-order valence-electron chi connectivity index (χ0n) is 25.0. The first kappa shape index (κ1) is 33.8. The van der Waals surface area contributed by atoms with Gasteiger partial charge in [0.1, 0.15) is 19.3 Å². The van der Waals surface area contributed by atoms with Crippen molar-refractivity contribution in [3.8, 4) is 17.6 Å². The van der Waals surface area contributed by atoms with E-state index in [0.29, 0.717) is 24.7 Å². The summed E-state index contributed by atoms with van der Waals surface area (Å²) in [6.45, 7) is 4.21. The maximum Gasteiger partial charge on any atom is 0.243 e. The molecule has 0 bridgehead atoms. The van der Waals surface area contributed by atoms with Crippen molar-refractivity contribution in [2.24, 2.45) is 5.92 Å². The number of ether oxygens (including phenoxy) is 2. The number of aliphatic hydroxyl groups is 1. The number of nitriles is 1. The highest BCUT2D eigenvalue weighted by molar-refractivity contribution is 7.89. The number of hydrogen-bond donors (Lipinski definition) is 3. The van der Waals surface area contributed by atoms with Gasteiger partial charge < -0.3 is 30.1 Å². The Kier molecular flexibility index (Phi) is 12.3. The van der Waals surface area contributed by atoms with Gasteiger partial charge in [0.05, 0.1) is 36.1 Å². The van der Waals surface area contributed by atoms with Gasteiger partial charge in [0.25, 0.3) is 0 Å². The van der Waals surface area contributed by atoms with Crippen LogP contribution in [-0.4, -0.2) is 99.7 Å². The second-order valence-corrected chi connectivity index (χ2v) is 13.1. The lowest BCUT2D eigenvalue weighted by atomic mass is 10.00. The first-order chi connectivity index (χ1) is 20.4. The van der Waals surface area contributed by atoms with Crippen molar-refractivity contribution in [3.63, 3.8) is 0 Å². The van der Waals surface area contributed by atoms with Crippen molar-refractivity contribution in [1.82, 2.24) is 19.8 Å². The maximum absolute atomic E-state index is 13.8. The van der Waals surface area contributed by atoms with E-state index in [0.717, 1.165) is 5.56 Å². The molecule has 0 radical (unpaired) electrons. The molecule has 13 heteroatoms. The van der Waals surface area contributed by atoms with Gasteiger partial charge in [-0.1, -0.05) is 44.2 Å². The van der Waals surface area contributed by atoms with Crippen LogP contribution >= 0.6 is 0 Å². The highest BCUT2D eigenvalue weighted by Crippen LogP contribution is 2.33. The molecule has 3 N–H and O–H groups in total. The highest BCUT2D eigenvalue weighted by atomic mass is 32.2. The Bertz CT molecular complexity index is 1380. The quantitative estimate of drug-likeness (QED) is 0.267. The predicted octanol–water partition coefficient (Wildman–Crippen LogP) is 1.15. The van der Waals surface area contributed by atoms with Crippen LogP contribution in [0.5, 0.6) is 11.5 Å². The Labute approximate surface area is 253 Å². The molecule has 12 nitrogen and oxygen atoms in total. The fourth-order valence-corrected chi connectivity index (χ4v) is 6.25. The summed E-state index contributed by atoms with van der Waals surface area (Å²) in [5.41, 5.74) is 0.797. The topological polar surface area (TPSA) is 161 Å². The van der Waals surface area contributed by atoms with Gasteiger partial charge in [-0.05, 0) is 44.1 Å². The largest absolute Gasteiger partial charge is 0.486 e. The standard InChI is InChI=1S/C30H41N5O7S/c1-21(2)18-35(43(39,40)23-10-11-27-28(17-23)42-15-14-41-27)19-26(36)25(16-22-8-6-5-7-9-22)33-30(38)24(12-13-31)32-29(37)20-34(3)4/h5-11,17,21,24-26,36H,12,14-16,18-20H2,1-4H3,(H,32,37)(H,33,38)/t24?,25-,26+/m0/s1. The van der Waals surface area contributed by atoms with E-state index >= 15 is 0 Å². The molecule has 2 aromatic carbocycles. The molecule has 0 saturated heterocycles. The number of likely N-dealkylation sites (N-methyl/N-ethyl adjacent to an activating group) is 1. The van der Waals surface area contributed by atoms with E-state index in [9.17, 15) is 28.4 Å². The lowest BCUT2D eigenvalue weighted by Gasteiger charge is -2.31. The third-order valence-corrected chi connectivity index (χ3v) is 8.44. The second kappa shape index (κ2) is 15.7. The van der Waals surface area contributed by atoms with Crippen LogP contribution in [0.2, 0.25) is 0 Å². The molecular formula is C30H41N5O7S. The number of nitrogens with one attached hydrogen (secondary N) is 2. The predicted molar refractivity (Wildman–Crippen MR) is 160 cm³/mol. The van der Waals surface area contributed by atoms with Crippen molar-refractivity contribution in [2.45, 2.75) is 49.8 Å². The van der Waals surface area contributed by atoms with E-state index in [1.807, 2.05) is 50.2 Å². The average Bonchev–Trinajstić information content (AvgIpc) is 2.95. The van der Waals surface area contributed by atoms with E-state index in [1.54, 1.807) is 25.1 Å². The lowest BCUT2D eigenvalue weighted by molar-refractivity contribution is -0.130. The normalized spacial score (nSPS) is 15.0. The zero-order chi connectivity index (χ0) is 31.6. The van der Waals surface area contributed by atoms with Gasteiger partial charge in [-0.15, -0.1) is 0 Å². The van der Waals surface area contributed by atoms with E-state index in [2.05, 4.69) is 10.6 Å². The number of nitrogens with zero attached hydrogens (tertiary/aromatic N) is 3. The fourth-order valence-electron chi connectivity index (χ4n) is 4.61. The van der Waals surface area contributed by atoms with Gasteiger partial charge in [-0.25, -0.2) is 8.42 Å². The summed E-state index contributed by atoms with van der Waals surface area (Å²) < 4.78 is 40.0. The van der Waals surface area contributed by atoms with Crippen LogP contribution in [0.15, 0.2) is 53.4 Å². The first-order valence-corrected chi connectivity index (χ1v) is 15.6. The van der Waals surface area contributed by atoms with Gasteiger partial charge in [0, 0.05) is 19.2 Å². The monoisotopic (exact) mass is 615 g/mol. The second-order valence-electron chi connectivity index (χ2n) is 11.1. The Morgan fingerprint density at radius 1 is 1.02 bits per heavy atom. The number of fused-ring (bicyclic) bond motifs is 1. The third kappa shape index (κ3) is 9.93. The highest BCUT2D eigenvalue weighted by Gasteiger charge is 2.33. The van der Waals surface area contributed by atoms with Crippen molar-refractivity contribution in [1.29, 1.82) is 5.26 Å². The summed E-state index contributed by atoms with van der Waals surface area (Å²) in [6.07, 6.45) is -1.44. The van der Waals surface area contributed by atoms with Gasteiger partial charge in [-0.2, -0.15) is 9.57 Å². The lowest BCUT2D eigenvalue weighted by Crippen LogP contribution is -2.56. The first-order valence-electron chi connectivity index (χ1n) is 14.1. The molecule has 2 aromatic rings. The van der Waals surface area contributed by atoms with Crippen LogP contribution in [0.25, 0.3) is 0 Å². The molecule has 43 heavy (non-hydrogen) atoms. The molecule has 0 saturated carbocycles. The van der Waals surface area contributed by atoms with Crippen LogP contribution < -0.4 is 20.1 Å². The summed E-state index contributed by atoms with van der Waals surface area (Å²) in [4.78, 5) is 27.3. The van der Waals surface area contributed by atoms with Crippen molar-refractivity contribution >= 4 is 21.8 Å². The van der Waals surface area contributed by atoms with Crippen LogP contribution in [0.4, 0.5) is 0 Å². The minimum absolute atomic E-state index is 0.00839. The molecule has 234 valence electrons. The van der Waals surface area contributed by atoms with Gasteiger partial charge in [0.15, 0.2) is 11.5 Å². The van der Waals surface area contributed by atoms with Crippen LogP contribution in [0.1, 0.15) is 25.8 Å². The molecule has 1 aliphatic heterocycles. The van der Waals surface area contributed by atoms with E-state index in [1.165, 1.54) is 16.4 Å². The fraction of sp³-hybridized carbons (Fsp3) is 0.500. The number of hydrogen-bond acceptors (Lipinski definition) is 9. The molecule has 3 atom stereocenters. The minimum Gasteiger partial charge on any atom is -0.486 e. The SMILES string of the molecule is CC(C)CN(C[C@@H](O)[C@H](Cc1ccccc1)NC(=O)C(CC#N)NC(=O)CN(C)C)S(=O)(=O)c1ccc2c(c1)OCCO2.